The molecule has 4 rings (SSSR count). The lowest BCUT2D eigenvalue weighted by molar-refractivity contribution is -0.127. The molecule has 0 aliphatic carbocycles. The molecule has 0 heterocycles. The third-order valence-corrected chi connectivity index (χ3v) is 5.62. The highest BCUT2D eigenvalue weighted by Gasteiger charge is 2.17. The maximum absolute atomic E-state index is 12.8. The molecule has 38 heavy (non-hydrogen) atoms. The van der Waals surface area contributed by atoms with E-state index in [9.17, 15) is 9.59 Å². The van der Waals surface area contributed by atoms with Crippen molar-refractivity contribution in [3.05, 3.63) is 103 Å². The minimum atomic E-state index is -0.811. The van der Waals surface area contributed by atoms with Crippen molar-refractivity contribution in [3.8, 4) is 17.2 Å². The minimum absolute atomic E-state index is 0.0801. The number of fused-ring (bicyclic) bond motifs is 1. The van der Waals surface area contributed by atoms with Crippen molar-refractivity contribution in [2.45, 2.75) is 13.0 Å². The number of hydrogen-bond donors (Lipinski definition) is 3. The SMILES string of the molecule is C[C@@H](Oc1ccc2ccccc2c1)C(=O)NNC(=S)NC(=O)c1ccccc1OCCOc1ccccc1. The molecule has 9 heteroatoms. The summed E-state index contributed by atoms with van der Waals surface area (Å²) >= 11 is 5.16. The first kappa shape index (κ1) is 26.4. The van der Waals surface area contributed by atoms with Crippen molar-refractivity contribution in [1.29, 1.82) is 0 Å². The van der Waals surface area contributed by atoms with Gasteiger partial charge in [-0.2, -0.15) is 0 Å². The van der Waals surface area contributed by atoms with E-state index < -0.39 is 17.9 Å². The smallest absolute Gasteiger partial charge is 0.279 e. The Morgan fingerprint density at radius 2 is 1.45 bits per heavy atom. The number of nitrogens with one attached hydrogen (secondary N) is 3. The van der Waals surface area contributed by atoms with Crippen molar-refractivity contribution in [1.82, 2.24) is 16.2 Å². The van der Waals surface area contributed by atoms with Gasteiger partial charge in [-0.25, -0.2) is 0 Å². The van der Waals surface area contributed by atoms with Gasteiger partial charge in [0.05, 0.1) is 5.56 Å². The van der Waals surface area contributed by atoms with Gasteiger partial charge >= 0.3 is 0 Å². The molecule has 0 unspecified atom stereocenters. The lowest BCUT2D eigenvalue weighted by Crippen LogP contribution is -2.51. The van der Waals surface area contributed by atoms with E-state index in [0.717, 1.165) is 16.5 Å². The zero-order valence-electron chi connectivity index (χ0n) is 20.7. The summed E-state index contributed by atoms with van der Waals surface area (Å²) in [6.07, 6.45) is -0.811. The molecule has 0 radical (unpaired) electrons. The summed E-state index contributed by atoms with van der Waals surface area (Å²) in [5.74, 6) is 0.727. The van der Waals surface area contributed by atoms with Gasteiger partial charge in [0.25, 0.3) is 11.8 Å². The second-order valence-electron chi connectivity index (χ2n) is 8.17. The Labute approximate surface area is 225 Å². The molecular weight excluding hydrogens is 502 g/mol. The van der Waals surface area contributed by atoms with Crippen LogP contribution in [-0.4, -0.2) is 36.2 Å². The second kappa shape index (κ2) is 13.1. The van der Waals surface area contributed by atoms with Crippen LogP contribution < -0.4 is 30.4 Å². The molecule has 2 amide bonds. The summed E-state index contributed by atoms with van der Waals surface area (Å²) in [6, 6.07) is 29.6. The minimum Gasteiger partial charge on any atom is -0.490 e. The van der Waals surface area contributed by atoms with E-state index in [1.54, 1.807) is 37.3 Å². The lowest BCUT2D eigenvalue weighted by Gasteiger charge is -2.17. The van der Waals surface area contributed by atoms with Gasteiger partial charge in [-0.1, -0.05) is 60.7 Å². The molecule has 0 fully saturated rings. The second-order valence-corrected chi connectivity index (χ2v) is 8.58. The predicted octanol–water partition coefficient (Wildman–Crippen LogP) is 4.40. The van der Waals surface area contributed by atoms with Gasteiger partial charge in [0.1, 0.15) is 30.5 Å². The number of carbonyl (C=O) groups is 2. The molecule has 0 saturated carbocycles. The van der Waals surface area contributed by atoms with Crippen LogP contribution in [0.1, 0.15) is 17.3 Å². The fourth-order valence-electron chi connectivity index (χ4n) is 3.53. The molecule has 0 spiro atoms. The molecule has 0 bridgehead atoms. The zero-order chi connectivity index (χ0) is 26.7. The van der Waals surface area contributed by atoms with Gasteiger partial charge in [-0.3, -0.25) is 25.8 Å². The van der Waals surface area contributed by atoms with Crippen LogP contribution in [0.3, 0.4) is 0 Å². The number of carbonyl (C=O) groups excluding carboxylic acids is 2. The van der Waals surface area contributed by atoms with Crippen LogP contribution in [0.2, 0.25) is 0 Å². The van der Waals surface area contributed by atoms with Crippen molar-refractivity contribution in [2.75, 3.05) is 13.2 Å². The predicted molar refractivity (Wildman–Crippen MR) is 149 cm³/mol. The van der Waals surface area contributed by atoms with Crippen LogP contribution in [0, 0.1) is 0 Å². The Morgan fingerprint density at radius 3 is 2.26 bits per heavy atom. The largest absolute Gasteiger partial charge is 0.490 e. The van der Waals surface area contributed by atoms with Crippen LogP contribution in [0.4, 0.5) is 0 Å². The summed E-state index contributed by atoms with van der Waals surface area (Å²) in [4.78, 5) is 25.2. The quantitative estimate of drug-likeness (QED) is 0.168. The van der Waals surface area contributed by atoms with Gasteiger partial charge in [-0.15, -0.1) is 0 Å². The molecule has 3 N–H and O–H groups in total. The first-order valence-corrected chi connectivity index (χ1v) is 12.4. The fourth-order valence-corrected chi connectivity index (χ4v) is 3.67. The molecule has 4 aromatic rings. The molecule has 194 valence electrons. The van der Waals surface area contributed by atoms with Crippen molar-refractivity contribution in [3.63, 3.8) is 0 Å². The Hall–Kier alpha value is -4.63. The standard InChI is InChI=1S/C29H27N3O5S/c1-20(37-24-16-15-21-9-5-6-10-22(21)19-24)27(33)31-32-29(38)30-28(34)25-13-7-8-14-26(25)36-18-17-35-23-11-3-2-4-12-23/h2-16,19-20H,17-18H2,1H3,(H,31,33)(H2,30,32,34,38)/t20-/m1/s1. The molecule has 8 nitrogen and oxygen atoms in total. The number of para-hydroxylation sites is 2. The Balaban J connectivity index is 1.23. The summed E-state index contributed by atoms with van der Waals surface area (Å²) in [7, 11) is 0. The lowest BCUT2D eigenvalue weighted by atomic mass is 10.1. The van der Waals surface area contributed by atoms with Crippen LogP contribution in [0.25, 0.3) is 10.8 Å². The van der Waals surface area contributed by atoms with Crippen LogP contribution in [0.15, 0.2) is 97.1 Å². The van der Waals surface area contributed by atoms with Crippen molar-refractivity contribution in [2.24, 2.45) is 0 Å². The van der Waals surface area contributed by atoms with E-state index in [1.165, 1.54) is 0 Å². The van der Waals surface area contributed by atoms with Crippen molar-refractivity contribution < 1.29 is 23.8 Å². The maximum Gasteiger partial charge on any atom is 0.279 e. The average Bonchev–Trinajstić information content (AvgIpc) is 2.94. The number of amides is 2. The summed E-state index contributed by atoms with van der Waals surface area (Å²) in [5, 5.41) is 4.53. The van der Waals surface area contributed by atoms with Crippen molar-refractivity contribution >= 4 is 39.9 Å². The number of rotatable bonds is 9. The third kappa shape index (κ3) is 7.44. The number of benzene rings is 4. The topological polar surface area (TPSA) is 97.9 Å². The average molecular weight is 530 g/mol. The number of hydrazine groups is 1. The molecular formula is C29H27N3O5S. The van der Waals surface area contributed by atoms with Crippen LogP contribution >= 0.6 is 12.2 Å². The summed E-state index contributed by atoms with van der Waals surface area (Å²) < 4.78 is 17.1. The van der Waals surface area contributed by atoms with Gasteiger partial charge in [-0.05, 0) is 66.3 Å². The first-order valence-electron chi connectivity index (χ1n) is 12.0. The third-order valence-electron chi connectivity index (χ3n) is 5.41. The van der Waals surface area contributed by atoms with E-state index in [1.807, 2.05) is 66.7 Å². The monoisotopic (exact) mass is 529 g/mol. The van der Waals surface area contributed by atoms with E-state index in [0.29, 0.717) is 18.1 Å². The fraction of sp³-hybridized carbons (Fsp3) is 0.138. The van der Waals surface area contributed by atoms with Crippen LogP contribution in [-0.2, 0) is 4.79 Å². The zero-order valence-corrected chi connectivity index (χ0v) is 21.5. The molecule has 1 atom stereocenters. The summed E-state index contributed by atoms with van der Waals surface area (Å²) in [6.45, 7) is 2.17. The summed E-state index contributed by atoms with van der Waals surface area (Å²) in [5.41, 5.74) is 5.27. The maximum atomic E-state index is 12.8. The molecule has 0 saturated heterocycles. The van der Waals surface area contributed by atoms with E-state index in [4.69, 9.17) is 26.4 Å². The van der Waals surface area contributed by atoms with E-state index in [2.05, 4.69) is 16.2 Å². The Morgan fingerprint density at radius 1 is 0.763 bits per heavy atom. The molecule has 0 aliphatic rings. The van der Waals surface area contributed by atoms with E-state index in [-0.39, 0.29) is 17.3 Å². The Bertz CT molecular complexity index is 1410. The first-order chi connectivity index (χ1) is 18.5. The van der Waals surface area contributed by atoms with Gasteiger partial charge in [0.15, 0.2) is 11.2 Å². The molecule has 0 aliphatic heterocycles. The normalized spacial score (nSPS) is 11.2. The highest BCUT2D eigenvalue weighted by atomic mass is 32.1. The highest BCUT2D eigenvalue weighted by Crippen LogP contribution is 2.21. The number of ether oxygens (including phenoxy) is 3. The molecule has 0 aromatic heterocycles. The van der Waals surface area contributed by atoms with Gasteiger partial charge < -0.3 is 14.2 Å². The highest BCUT2D eigenvalue weighted by molar-refractivity contribution is 7.80. The number of hydrogen-bond acceptors (Lipinski definition) is 6. The number of thiocarbonyl (C=S) groups is 1. The van der Waals surface area contributed by atoms with Gasteiger partial charge in [0.2, 0.25) is 0 Å². The molecule has 4 aromatic carbocycles. The Kier molecular flexibility index (Phi) is 9.09. The van der Waals surface area contributed by atoms with Gasteiger partial charge in [0, 0.05) is 0 Å². The van der Waals surface area contributed by atoms with Crippen LogP contribution in [0.5, 0.6) is 17.2 Å². The van der Waals surface area contributed by atoms with E-state index >= 15 is 0 Å².